The number of rotatable bonds is 4. The van der Waals surface area contributed by atoms with Gasteiger partial charge in [-0.2, -0.15) is 4.98 Å². The van der Waals surface area contributed by atoms with Crippen LogP contribution in [0.25, 0.3) is 0 Å². The first-order valence-electron chi connectivity index (χ1n) is 4.13. The third-order valence-corrected chi connectivity index (χ3v) is 1.85. The van der Waals surface area contributed by atoms with Gasteiger partial charge in [-0.15, -0.1) is 11.6 Å². The first-order valence-corrected chi connectivity index (χ1v) is 4.66. The SMILES string of the molecule is CCOC(C)(C)c1noc(CCl)n1. The van der Waals surface area contributed by atoms with Crippen molar-refractivity contribution in [3.05, 3.63) is 11.7 Å². The molecule has 1 aromatic rings. The minimum atomic E-state index is -0.511. The van der Waals surface area contributed by atoms with Gasteiger partial charge in [0.1, 0.15) is 11.5 Å². The van der Waals surface area contributed by atoms with Gasteiger partial charge in [-0.1, -0.05) is 5.16 Å². The van der Waals surface area contributed by atoms with Crippen molar-refractivity contribution in [2.24, 2.45) is 0 Å². The second-order valence-corrected chi connectivity index (χ2v) is 3.36. The van der Waals surface area contributed by atoms with Crippen molar-refractivity contribution >= 4 is 11.6 Å². The van der Waals surface area contributed by atoms with Crippen LogP contribution in [0.4, 0.5) is 0 Å². The summed E-state index contributed by atoms with van der Waals surface area (Å²) in [6.45, 7) is 6.31. The summed E-state index contributed by atoms with van der Waals surface area (Å²) in [6.07, 6.45) is 0. The van der Waals surface area contributed by atoms with Crippen LogP contribution >= 0.6 is 11.6 Å². The summed E-state index contributed by atoms with van der Waals surface area (Å²) < 4.78 is 10.3. The van der Waals surface area contributed by atoms with Gasteiger partial charge in [0, 0.05) is 6.61 Å². The quantitative estimate of drug-likeness (QED) is 0.705. The predicted molar refractivity (Wildman–Crippen MR) is 48.5 cm³/mol. The molecule has 1 rings (SSSR count). The molecule has 0 atom stereocenters. The first kappa shape index (κ1) is 10.5. The first-order chi connectivity index (χ1) is 6.10. The molecule has 13 heavy (non-hydrogen) atoms. The molecule has 0 saturated carbocycles. The molecular formula is C8H13ClN2O2. The number of ether oxygens (including phenoxy) is 1. The lowest BCUT2D eigenvalue weighted by atomic mass is 10.1. The van der Waals surface area contributed by atoms with Crippen LogP contribution in [0.15, 0.2) is 4.52 Å². The van der Waals surface area contributed by atoms with Gasteiger partial charge in [0.15, 0.2) is 0 Å². The second-order valence-electron chi connectivity index (χ2n) is 3.09. The standard InChI is InChI=1S/C8H13ClN2O2/c1-4-12-8(2,3)7-10-6(5-9)13-11-7/h4-5H2,1-3H3. The molecule has 0 spiro atoms. The van der Waals surface area contributed by atoms with E-state index in [4.69, 9.17) is 20.9 Å². The van der Waals surface area contributed by atoms with Gasteiger partial charge in [0.25, 0.3) is 0 Å². The molecule has 0 fully saturated rings. The Labute approximate surface area is 82.2 Å². The number of hydrogen-bond donors (Lipinski definition) is 0. The molecule has 4 nitrogen and oxygen atoms in total. The van der Waals surface area contributed by atoms with E-state index in [1.807, 2.05) is 20.8 Å². The fraction of sp³-hybridized carbons (Fsp3) is 0.750. The number of nitrogens with zero attached hydrogens (tertiary/aromatic N) is 2. The summed E-state index contributed by atoms with van der Waals surface area (Å²) in [6, 6.07) is 0. The van der Waals surface area contributed by atoms with E-state index in [1.54, 1.807) is 0 Å². The number of alkyl halides is 1. The second kappa shape index (κ2) is 4.07. The Hall–Kier alpha value is -0.610. The van der Waals surface area contributed by atoms with E-state index in [2.05, 4.69) is 10.1 Å². The summed E-state index contributed by atoms with van der Waals surface area (Å²) in [5, 5.41) is 3.78. The highest BCUT2D eigenvalue weighted by Gasteiger charge is 2.26. The monoisotopic (exact) mass is 204 g/mol. The highest BCUT2D eigenvalue weighted by Crippen LogP contribution is 2.21. The summed E-state index contributed by atoms with van der Waals surface area (Å²) in [7, 11) is 0. The molecule has 0 aromatic carbocycles. The average molecular weight is 205 g/mol. The average Bonchev–Trinajstić information content (AvgIpc) is 2.52. The Morgan fingerprint density at radius 2 is 2.23 bits per heavy atom. The van der Waals surface area contributed by atoms with E-state index in [0.29, 0.717) is 18.3 Å². The van der Waals surface area contributed by atoms with Gasteiger partial charge < -0.3 is 9.26 Å². The topological polar surface area (TPSA) is 48.2 Å². The Kier molecular flexibility index (Phi) is 3.27. The molecule has 5 heteroatoms. The summed E-state index contributed by atoms with van der Waals surface area (Å²) in [5.41, 5.74) is -0.511. The minimum Gasteiger partial charge on any atom is -0.368 e. The lowest BCUT2D eigenvalue weighted by Gasteiger charge is -2.19. The molecule has 0 unspecified atom stereocenters. The van der Waals surface area contributed by atoms with Crippen LogP contribution in [0.1, 0.15) is 32.5 Å². The van der Waals surface area contributed by atoms with Crippen LogP contribution in [0.3, 0.4) is 0 Å². The number of halogens is 1. The van der Waals surface area contributed by atoms with Crippen molar-refractivity contribution in [1.82, 2.24) is 10.1 Å². The molecule has 0 amide bonds. The molecule has 1 heterocycles. The molecular weight excluding hydrogens is 192 g/mol. The molecule has 0 saturated heterocycles. The van der Waals surface area contributed by atoms with Gasteiger partial charge in [-0.3, -0.25) is 0 Å². The molecule has 0 N–H and O–H groups in total. The third kappa shape index (κ3) is 2.42. The van der Waals surface area contributed by atoms with Gasteiger partial charge in [0.2, 0.25) is 11.7 Å². The van der Waals surface area contributed by atoms with Crippen molar-refractivity contribution in [2.75, 3.05) is 6.61 Å². The lowest BCUT2D eigenvalue weighted by Crippen LogP contribution is -2.23. The number of aromatic nitrogens is 2. The maximum Gasteiger partial charge on any atom is 0.241 e. The van der Waals surface area contributed by atoms with E-state index in [-0.39, 0.29) is 5.88 Å². The van der Waals surface area contributed by atoms with E-state index in [1.165, 1.54) is 0 Å². The highest BCUT2D eigenvalue weighted by atomic mass is 35.5. The van der Waals surface area contributed by atoms with E-state index in [0.717, 1.165) is 0 Å². The largest absolute Gasteiger partial charge is 0.368 e. The van der Waals surface area contributed by atoms with Crippen molar-refractivity contribution in [1.29, 1.82) is 0 Å². The van der Waals surface area contributed by atoms with Gasteiger partial charge in [-0.25, -0.2) is 0 Å². The molecule has 74 valence electrons. The summed E-state index contributed by atoms with van der Waals surface area (Å²) in [5.74, 6) is 1.18. The van der Waals surface area contributed by atoms with Crippen molar-refractivity contribution in [2.45, 2.75) is 32.3 Å². The smallest absolute Gasteiger partial charge is 0.241 e. The Morgan fingerprint density at radius 3 is 2.69 bits per heavy atom. The van der Waals surface area contributed by atoms with Crippen LogP contribution in [-0.2, 0) is 16.2 Å². The van der Waals surface area contributed by atoms with Crippen molar-refractivity contribution < 1.29 is 9.26 Å². The molecule has 1 aromatic heterocycles. The van der Waals surface area contributed by atoms with E-state index < -0.39 is 5.60 Å². The van der Waals surface area contributed by atoms with Crippen molar-refractivity contribution in [3.8, 4) is 0 Å². The zero-order chi connectivity index (χ0) is 9.90. The molecule has 0 radical (unpaired) electrons. The van der Waals surface area contributed by atoms with Gasteiger partial charge in [-0.05, 0) is 20.8 Å². The fourth-order valence-electron chi connectivity index (χ4n) is 0.979. The van der Waals surface area contributed by atoms with Gasteiger partial charge in [0.05, 0.1) is 0 Å². The fourth-order valence-corrected chi connectivity index (χ4v) is 1.09. The third-order valence-electron chi connectivity index (χ3n) is 1.63. The normalized spacial score (nSPS) is 12.0. The van der Waals surface area contributed by atoms with E-state index >= 15 is 0 Å². The van der Waals surface area contributed by atoms with Crippen molar-refractivity contribution in [3.63, 3.8) is 0 Å². The minimum absolute atomic E-state index is 0.231. The molecule has 0 aliphatic carbocycles. The summed E-state index contributed by atoms with van der Waals surface area (Å²) >= 11 is 5.53. The van der Waals surface area contributed by atoms with Gasteiger partial charge >= 0.3 is 0 Å². The molecule has 0 aliphatic rings. The molecule has 0 bridgehead atoms. The zero-order valence-corrected chi connectivity index (χ0v) is 8.76. The van der Waals surface area contributed by atoms with Crippen LogP contribution in [-0.4, -0.2) is 16.7 Å². The van der Waals surface area contributed by atoms with Crippen LogP contribution in [0.2, 0.25) is 0 Å². The highest BCUT2D eigenvalue weighted by molar-refractivity contribution is 6.16. The predicted octanol–water partition coefficient (Wildman–Crippen LogP) is 2.08. The van der Waals surface area contributed by atoms with E-state index in [9.17, 15) is 0 Å². The lowest BCUT2D eigenvalue weighted by molar-refractivity contribution is -0.0221. The maximum atomic E-state index is 5.53. The number of hydrogen-bond acceptors (Lipinski definition) is 4. The zero-order valence-electron chi connectivity index (χ0n) is 8.00. The van der Waals surface area contributed by atoms with Crippen LogP contribution < -0.4 is 0 Å². The Bertz CT molecular complexity index is 273. The maximum absolute atomic E-state index is 5.53. The van der Waals surface area contributed by atoms with Crippen LogP contribution in [0, 0.1) is 0 Å². The molecule has 0 aliphatic heterocycles. The van der Waals surface area contributed by atoms with Crippen LogP contribution in [0.5, 0.6) is 0 Å². The Morgan fingerprint density at radius 1 is 1.54 bits per heavy atom. The summed E-state index contributed by atoms with van der Waals surface area (Å²) in [4.78, 5) is 4.08. The Balaban J connectivity index is 2.80.